The van der Waals surface area contributed by atoms with Crippen molar-refractivity contribution in [3.8, 4) is 0 Å². The number of carbonyl (C=O) groups excluding carboxylic acids is 1. The minimum Gasteiger partial charge on any atom is -0.326 e. The highest BCUT2D eigenvalue weighted by Gasteiger charge is 2.13. The summed E-state index contributed by atoms with van der Waals surface area (Å²) in [6.07, 6.45) is 7.84. The molecule has 0 bridgehead atoms. The number of nitrogens with zero attached hydrogens (tertiary/aromatic N) is 1. The Bertz CT molecular complexity index is 171. The van der Waals surface area contributed by atoms with Crippen LogP contribution in [0.15, 0.2) is 0 Å². The Morgan fingerprint density at radius 1 is 1.35 bits per heavy atom. The molecule has 3 nitrogen and oxygen atoms in total. The van der Waals surface area contributed by atoms with Gasteiger partial charge in [-0.05, 0) is 25.9 Å². The van der Waals surface area contributed by atoms with Gasteiger partial charge in [-0.2, -0.15) is 0 Å². The fourth-order valence-corrected chi connectivity index (χ4v) is 2.30. The van der Waals surface area contributed by atoms with E-state index in [1.165, 1.54) is 38.6 Å². The van der Waals surface area contributed by atoms with Crippen LogP contribution in [0.2, 0.25) is 0 Å². The molecule has 0 aromatic heterocycles. The molecule has 1 saturated heterocycles. The lowest BCUT2D eigenvalue weighted by atomic mass is 9.96. The zero-order valence-corrected chi connectivity index (χ0v) is 11.8. The van der Waals surface area contributed by atoms with Gasteiger partial charge in [0.05, 0.1) is 0 Å². The summed E-state index contributed by atoms with van der Waals surface area (Å²) in [6, 6.07) is 0.449. The van der Waals surface area contributed by atoms with Gasteiger partial charge >= 0.3 is 0 Å². The maximum absolute atomic E-state index is 10.2. The van der Waals surface area contributed by atoms with Crippen molar-refractivity contribution in [1.82, 2.24) is 4.90 Å². The number of rotatable bonds is 6. The first-order chi connectivity index (χ1) is 8.13. The van der Waals surface area contributed by atoms with Crippen molar-refractivity contribution in [2.75, 3.05) is 20.1 Å². The molecule has 102 valence electrons. The number of likely N-dealkylation sites (tertiary alicyclic amines) is 1. The van der Waals surface area contributed by atoms with Crippen LogP contribution in [0.4, 0.5) is 0 Å². The topological polar surface area (TPSA) is 46.3 Å². The first-order valence-electron chi connectivity index (χ1n) is 7.01. The van der Waals surface area contributed by atoms with E-state index in [0.29, 0.717) is 12.0 Å². The molecule has 3 heteroatoms. The SMILES string of the molecule is CCCC(CC=O)CCC.CN1CCC(N)C1. The van der Waals surface area contributed by atoms with E-state index >= 15 is 0 Å². The molecule has 1 rings (SSSR count). The van der Waals surface area contributed by atoms with E-state index in [2.05, 4.69) is 25.8 Å². The Kier molecular flexibility index (Phi) is 10.5. The second kappa shape index (κ2) is 10.7. The van der Waals surface area contributed by atoms with Crippen LogP contribution in [-0.2, 0) is 4.79 Å². The van der Waals surface area contributed by atoms with Gasteiger partial charge in [-0.25, -0.2) is 0 Å². The summed E-state index contributed by atoms with van der Waals surface area (Å²) in [4.78, 5) is 12.4. The number of carbonyl (C=O) groups is 1. The number of hydrogen-bond acceptors (Lipinski definition) is 3. The number of aldehydes is 1. The molecule has 0 spiro atoms. The van der Waals surface area contributed by atoms with Gasteiger partial charge < -0.3 is 15.4 Å². The highest BCUT2D eigenvalue weighted by atomic mass is 16.1. The summed E-state index contributed by atoms with van der Waals surface area (Å²) in [5, 5.41) is 0. The third-order valence-electron chi connectivity index (χ3n) is 3.25. The van der Waals surface area contributed by atoms with E-state index in [9.17, 15) is 4.79 Å². The Balaban J connectivity index is 0.000000318. The molecule has 17 heavy (non-hydrogen) atoms. The van der Waals surface area contributed by atoms with Crippen molar-refractivity contribution in [3.05, 3.63) is 0 Å². The van der Waals surface area contributed by atoms with Gasteiger partial charge in [0.1, 0.15) is 6.29 Å². The first-order valence-corrected chi connectivity index (χ1v) is 7.01. The van der Waals surface area contributed by atoms with Crippen molar-refractivity contribution in [1.29, 1.82) is 0 Å². The second-order valence-electron chi connectivity index (χ2n) is 5.16. The summed E-state index contributed by atoms with van der Waals surface area (Å²) in [5.41, 5.74) is 5.58. The smallest absolute Gasteiger partial charge is 0.120 e. The minimum absolute atomic E-state index is 0.449. The molecule has 1 unspecified atom stereocenters. The molecule has 2 N–H and O–H groups in total. The molecule has 0 aromatic rings. The fraction of sp³-hybridized carbons (Fsp3) is 0.929. The van der Waals surface area contributed by atoms with Crippen LogP contribution >= 0.6 is 0 Å². The molecule has 0 amide bonds. The van der Waals surface area contributed by atoms with Crippen LogP contribution in [0.25, 0.3) is 0 Å². The van der Waals surface area contributed by atoms with E-state index in [1.807, 2.05) is 0 Å². The van der Waals surface area contributed by atoms with Gasteiger partial charge in [-0.15, -0.1) is 0 Å². The van der Waals surface area contributed by atoms with E-state index in [-0.39, 0.29) is 0 Å². The number of nitrogens with two attached hydrogens (primary N) is 1. The highest BCUT2D eigenvalue weighted by Crippen LogP contribution is 2.15. The van der Waals surface area contributed by atoms with Gasteiger partial charge in [0.15, 0.2) is 0 Å². The van der Waals surface area contributed by atoms with Crippen LogP contribution in [0.5, 0.6) is 0 Å². The van der Waals surface area contributed by atoms with Gasteiger partial charge in [-0.3, -0.25) is 0 Å². The summed E-state index contributed by atoms with van der Waals surface area (Å²) >= 11 is 0. The second-order valence-corrected chi connectivity index (χ2v) is 5.16. The third kappa shape index (κ3) is 9.31. The number of hydrogen-bond donors (Lipinski definition) is 1. The average Bonchev–Trinajstić information content (AvgIpc) is 2.65. The van der Waals surface area contributed by atoms with Gasteiger partial charge in [-0.1, -0.05) is 39.5 Å². The zero-order chi connectivity index (χ0) is 13.1. The molecule has 0 radical (unpaired) electrons. The first kappa shape index (κ1) is 16.6. The monoisotopic (exact) mass is 242 g/mol. The van der Waals surface area contributed by atoms with E-state index < -0.39 is 0 Å². The van der Waals surface area contributed by atoms with Gasteiger partial charge in [0.25, 0.3) is 0 Å². The Hall–Kier alpha value is -0.410. The summed E-state index contributed by atoms with van der Waals surface area (Å²) in [5.74, 6) is 0.660. The number of likely N-dealkylation sites (N-methyl/N-ethyl adjacent to an activating group) is 1. The van der Waals surface area contributed by atoms with Crippen molar-refractivity contribution in [3.63, 3.8) is 0 Å². The lowest BCUT2D eigenvalue weighted by Crippen LogP contribution is -2.23. The minimum atomic E-state index is 0.449. The quantitative estimate of drug-likeness (QED) is 0.728. The predicted octanol–water partition coefficient (Wildman–Crippen LogP) is 2.44. The van der Waals surface area contributed by atoms with Crippen molar-refractivity contribution in [2.45, 2.75) is 58.4 Å². The van der Waals surface area contributed by atoms with Crippen LogP contribution in [0, 0.1) is 5.92 Å². The largest absolute Gasteiger partial charge is 0.326 e. The molecule has 0 saturated carbocycles. The maximum atomic E-state index is 10.2. The Labute approximate surface area is 107 Å². The van der Waals surface area contributed by atoms with E-state index in [1.54, 1.807) is 0 Å². The Morgan fingerprint density at radius 2 is 1.94 bits per heavy atom. The molecule has 1 fully saturated rings. The maximum Gasteiger partial charge on any atom is 0.120 e. The lowest BCUT2D eigenvalue weighted by molar-refractivity contribution is -0.108. The molecular formula is C14H30N2O. The molecule has 1 aliphatic rings. The van der Waals surface area contributed by atoms with Gasteiger partial charge in [0.2, 0.25) is 0 Å². The van der Waals surface area contributed by atoms with E-state index in [0.717, 1.165) is 19.3 Å². The average molecular weight is 242 g/mol. The molecular weight excluding hydrogens is 212 g/mol. The van der Waals surface area contributed by atoms with Crippen LogP contribution in [0.3, 0.4) is 0 Å². The Morgan fingerprint density at radius 3 is 2.18 bits per heavy atom. The molecule has 1 heterocycles. The van der Waals surface area contributed by atoms with Crippen LogP contribution in [-0.4, -0.2) is 37.4 Å². The third-order valence-corrected chi connectivity index (χ3v) is 3.25. The van der Waals surface area contributed by atoms with Gasteiger partial charge in [0, 0.05) is 19.0 Å². The summed E-state index contributed by atoms with van der Waals surface area (Å²) < 4.78 is 0. The van der Waals surface area contributed by atoms with Crippen molar-refractivity contribution >= 4 is 6.29 Å². The molecule has 0 aliphatic carbocycles. The molecule has 1 atom stereocenters. The summed E-state index contributed by atoms with van der Waals surface area (Å²) in [7, 11) is 2.10. The zero-order valence-electron chi connectivity index (χ0n) is 11.8. The predicted molar refractivity (Wildman–Crippen MR) is 74.1 cm³/mol. The molecule has 1 aliphatic heterocycles. The summed E-state index contributed by atoms with van der Waals surface area (Å²) in [6.45, 7) is 6.61. The van der Waals surface area contributed by atoms with Crippen LogP contribution < -0.4 is 5.73 Å². The molecule has 0 aromatic carbocycles. The lowest BCUT2D eigenvalue weighted by Gasteiger charge is -2.09. The standard InChI is InChI=1S/C9H18O.C5H12N2/c1-3-5-9(6-4-2)7-8-10;1-7-3-2-5(6)4-7/h8-9H,3-7H2,1-2H3;5H,2-4,6H2,1H3. The fourth-order valence-electron chi connectivity index (χ4n) is 2.30. The normalized spacial score (nSPS) is 20.2. The van der Waals surface area contributed by atoms with E-state index in [4.69, 9.17) is 5.73 Å². The van der Waals surface area contributed by atoms with Crippen molar-refractivity contribution < 1.29 is 4.79 Å². The highest BCUT2D eigenvalue weighted by molar-refractivity contribution is 5.49. The van der Waals surface area contributed by atoms with Crippen LogP contribution in [0.1, 0.15) is 52.4 Å². The van der Waals surface area contributed by atoms with Crippen molar-refractivity contribution in [2.24, 2.45) is 11.7 Å².